The third-order valence-corrected chi connectivity index (χ3v) is 6.76. The Morgan fingerprint density at radius 1 is 1.02 bits per heavy atom. The zero-order valence-corrected chi connectivity index (χ0v) is 27.7. The summed E-state index contributed by atoms with van der Waals surface area (Å²) >= 11 is 0. The molecule has 1 aromatic heterocycles. The smallest absolute Gasteiger partial charge is 0.460 e. The van der Waals surface area contributed by atoms with Crippen LogP contribution in [-0.4, -0.2) is 120 Å². The van der Waals surface area contributed by atoms with E-state index in [0.29, 0.717) is 18.2 Å². The fraction of sp³-hybridized carbons (Fsp3) is 0.562. The Labute approximate surface area is 270 Å². The third kappa shape index (κ3) is 12.2. The largest absolute Gasteiger partial charge is 0.527 e. The van der Waals surface area contributed by atoms with Crippen LogP contribution in [0.1, 0.15) is 57.4 Å². The number of benzene rings is 1. The number of hydrogen-bond acceptors (Lipinski definition) is 12. The fourth-order valence-corrected chi connectivity index (χ4v) is 4.60. The number of anilines is 1. The number of hydroxylamine groups is 2. The van der Waals surface area contributed by atoms with Gasteiger partial charge in [0, 0.05) is 37.7 Å². The molecule has 1 fully saturated rings. The topological polar surface area (TPSA) is 156 Å². The zero-order valence-electron chi connectivity index (χ0n) is 27.7. The van der Waals surface area contributed by atoms with Crippen molar-refractivity contribution in [2.75, 3.05) is 65.3 Å². The number of carbonyl (C=O) groups is 4. The molecule has 46 heavy (non-hydrogen) atoms. The van der Waals surface area contributed by atoms with E-state index in [4.69, 9.17) is 14.3 Å². The number of esters is 1. The van der Waals surface area contributed by atoms with E-state index in [9.17, 15) is 19.2 Å². The standard InChI is InChI=1S/C32H47N7O7/c1-7-44-31(43)46-39-20-18-38(19-21-39)30(42)24(14-15-27(40)45-32(2,3)4)35-29(41)25-22-26(33-16-11-17-37(5)6)36-28(34-25)23-12-9-8-10-13-23/h8-10,12-13,22,24H,7,11,14-21H2,1-6H3,(H,35,41)(H,33,34,36)/t24-/m0/s1. The molecule has 2 heterocycles. The van der Waals surface area contributed by atoms with Crippen LogP contribution in [0.4, 0.5) is 10.6 Å². The molecule has 14 heteroatoms. The lowest BCUT2D eigenvalue weighted by Crippen LogP contribution is -2.55. The molecule has 14 nitrogen and oxygen atoms in total. The third-order valence-electron chi connectivity index (χ3n) is 6.76. The number of carbonyl (C=O) groups excluding carboxylic acids is 4. The van der Waals surface area contributed by atoms with Crippen LogP contribution in [-0.2, 0) is 23.9 Å². The summed E-state index contributed by atoms with van der Waals surface area (Å²) < 4.78 is 10.3. The van der Waals surface area contributed by atoms with Gasteiger partial charge >= 0.3 is 12.1 Å². The first-order valence-electron chi connectivity index (χ1n) is 15.6. The van der Waals surface area contributed by atoms with E-state index in [-0.39, 0.29) is 57.2 Å². The molecule has 2 amide bonds. The van der Waals surface area contributed by atoms with Gasteiger partial charge in [0.25, 0.3) is 5.91 Å². The highest BCUT2D eigenvalue weighted by molar-refractivity contribution is 5.97. The van der Waals surface area contributed by atoms with Gasteiger partial charge in [-0.2, -0.15) is 0 Å². The minimum Gasteiger partial charge on any atom is -0.460 e. The van der Waals surface area contributed by atoms with Crippen molar-refractivity contribution in [1.82, 2.24) is 30.1 Å². The molecule has 2 N–H and O–H groups in total. The van der Waals surface area contributed by atoms with Gasteiger partial charge < -0.3 is 34.7 Å². The molecule has 2 aromatic rings. The highest BCUT2D eigenvalue weighted by Gasteiger charge is 2.31. The summed E-state index contributed by atoms with van der Waals surface area (Å²) in [4.78, 5) is 69.7. The van der Waals surface area contributed by atoms with Crippen LogP contribution in [0.15, 0.2) is 36.4 Å². The number of aromatic nitrogens is 2. The quantitative estimate of drug-likeness (QED) is 0.230. The molecule has 0 unspecified atom stereocenters. The van der Waals surface area contributed by atoms with Crippen LogP contribution in [0.25, 0.3) is 11.4 Å². The van der Waals surface area contributed by atoms with Crippen molar-refractivity contribution in [2.45, 2.75) is 58.6 Å². The van der Waals surface area contributed by atoms with E-state index < -0.39 is 29.7 Å². The van der Waals surface area contributed by atoms with Gasteiger partial charge in [-0.1, -0.05) is 30.3 Å². The van der Waals surface area contributed by atoms with Crippen molar-refractivity contribution in [1.29, 1.82) is 0 Å². The van der Waals surface area contributed by atoms with Crippen LogP contribution in [0.2, 0.25) is 0 Å². The molecule has 1 aliphatic heterocycles. The molecule has 3 rings (SSSR count). The first kappa shape index (κ1) is 36.2. The van der Waals surface area contributed by atoms with Crippen LogP contribution < -0.4 is 10.6 Å². The van der Waals surface area contributed by atoms with Crippen LogP contribution in [0.5, 0.6) is 0 Å². The first-order chi connectivity index (χ1) is 21.8. The molecule has 0 bridgehead atoms. The minimum atomic E-state index is -1.04. The van der Waals surface area contributed by atoms with Gasteiger partial charge in [-0.05, 0) is 61.2 Å². The molecular weight excluding hydrogens is 594 g/mol. The number of hydrogen-bond donors (Lipinski definition) is 2. The Hall–Kier alpha value is -4.30. The molecule has 1 aliphatic rings. The van der Waals surface area contributed by atoms with Crippen molar-refractivity contribution in [3.63, 3.8) is 0 Å². The molecule has 1 atom stereocenters. The Morgan fingerprint density at radius 3 is 2.35 bits per heavy atom. The summed E-state index contributed by atoms with van der Waals surface area (Å²) in [7, 11) is 4.00. The average Bonchev–Trinajstić information content (AvgIpc) is 3.00. The predicted octanol–water partition coefficient (Wildman–Crippen LogP) is 2.96. The Balaban J connectivity index is 1.79. The number of nitrogens with one attached hydrogen (secondary N) is 2. The van der Waals surface area contributed by atoms with Crippen molar-refractivity contribution >= 4 is 29.8 Å². The van der Waals surface area contributed by atoms with E-state index in [2.05, 4.69) is 25.5 Å². The predicted molar refractivity (Wildman–Crippen MR) is 172 cm³/mol. The lowest BCUT2D eigenvalue weighted by atomic mass is 10.1. The van der Waals surface area contributed by atoms with Gasteiger partial charge in [0.15, 0.2) is 5.82 Å². The number of rotatable bonds is 14. The highest BCUT2D eigenvalue weighted by Crippen LogP contribution is 2.19. The number of nitrogens with zero attached hydrogens (tertiary/aromatic N) is 5. The number of amides is 2. The first-order valence-corrected chi connectivity index (χ1v) is 15.6. The van der Waals surface area contributed by atoms with Crippen molar-refractivity contribution < 1.29 is 33.5 Å². The van der Waals surface area contributed by atoms with Crippen molar-refractivity contribution in [3.05, 3.63) is 42.1 Å². The maximum Gasteiger partial charge on any atom is 0.527 e. The molecule has 0 aliphatic carbocycles. The maximum atomic E-state index is 13.7. The average molecular weight is 642 g/mol. The second-order valence-electron chi connectivity index (χ2n) is 12.1. The molecule has 1 saturated heterocycles. The SMILES string of the molecule is CCOC(=O)ON1CCN(C(=O)[C@H](CCC(=O)OC(C)(C)C)NC(=O)c2cc(NCCCN(C)C)nc(-c3ccccc3)n2)CC1. The van der Waals surface area contributed by atoms with Gasteiger partial charge in [0.2, 0.25) is 5.91 Å². The van der Waals surface area contributed by atoms with E-state index in [1.54, 1.807) is 38.7 Å². The molecule has 0 saturated carbocycles. The van der Waals surface area contributed by atoms with E-state index in [1.807, 2.05) is 44.4 Å². The van der Waals surface area contributed by atoms with Crippen molar-refractivity contribution in [3.8, 4) is 11.4 Å². The summed E-state index contributed by atoms with van der Waals surface area (Å²) in [5.41, 5.74) is 0.112. The Morgan fingerprint density at radius 2 is 1.72 bits per heavy atom. The molecule has 0 spiro atoms. The monoisotopic (exact) mass is 641 g/mol. The Bertz CT molecular complexity index is 1310. The van der Waals surface area contributed by atoms with Gasteiger partial charge in [0.05, 0.1) is 19.7 Å². The normalized spacial score (nSPS) is 14.4. The second kappa shape index (κ2) is 17.4. The van der Waals surface area contributed by atoms with Crippen LogP contribution in [0, 0.1) is 0 Å². The van der Waals surface area contributed by atoms with Crippen molar-refractivity contribution in [2.24, 2.45) is 0 Å². The fourth-order valence-electron chi connectivity index (χ4n) is 4.60. The molecule has 0 radical (unpaired) electrons. The number of ether oxygens (including phenoxy) is 2. The summed E-state index contributed by atoms with van der Waals surface area (Å²) in [5.74, 6) is -0.593. The van der Waals surface area contributed by atoms with E-state index in [1.165, 1.54) is 5.06 Å². The highest BCUT2D eigenvalue weighted by atomic mass is 16.8. The van der Waals surface area contributed by atoms with Crippen LogP contribution >= 0.6 is 0 Å². The number of piperazine rings is 1. The summed E-state index contributed by atoms with van der Waals surface area (Å²) in [6.45, 7) is 9.65. The maximum absolute atomic E-state index is 13.7. The van der Waals surface area contributed by atoms with Crippen LogP contribution in [0.3, 0.4) is 0 Å². The molecule has 252 valence electrons. The van der Waals surface area contributed by atoms with E-state index in [0.717, 1.165) is 18.5 Å². The van der Waals surface area contributed by atoms with Gasteiger partial charge in [-0.15, -0.1) is 5.06 Å². The van der Waals surface area contributed by atoms with Gasteiger partial charge in [-0.3, -0.25) is 14.4 Å². The summed E-state index contributed by atoms with van der Waals surface area (Å²) in [6, 6.07) is 9.82. The van der Waals surface area contributed by atoms with Gasteiger partial charge in [-0.25, -0.2) is 14.8 Å². The Kier molecular flexibility index (Phi) is 13.7. The minimum absolute atomic E-state index is 0.0191. The summed E-state index contributed by atoms with van der Waals surface area (Å²) in [6.07, 6.45) is -0.0161. The van der Waals surface area contributed by atoms with E-state index >= 15 is 0 Å². The molecule has 1 aromatic carbocycles. The summed E-state index contributed by atoms with van der Waals surface area (Å²) in [5, 5.41) is 7.52. The zero-order chi connectivity index (χ0) is 33.7. The second-order valence-corrected chi connectivity index (χ2v) is 12.1. The van der Waals surface area contributed by atoms with Gasteiger partial charge in [0.1, 0.15) is 23.2 Å². The lowest BCUT2D eigenvalue weighted by molar-refractivity contribution is -0.158. The lowest BCUT2D eigenvalue weighted by Gasteiger charge is -2.35. The molecular formula is C32H47N7O7.